The molecule has 4 rings (SSSR count). The summed E-state index contributed by atoms with van der Waals surface area (Å²) in [5.41, 5.74) is 2.60. The quantitative estimate of drug-likeness (QED) is 0.290. The topological polar surface area (TPSA) is 99.9 Å². The lowest BCUT2D eigenvalue weighted by Gasteiger charge is -2.26. The number of ether oxygens (including phenoxy) is 2. The number of methoxy groups -OCH3 is 2. The van der Waals surface area contributed by atoms with E-state index in [2.05, 4.69) is 0 Å². The van der Waals surface area contributed by atoms with Crippen LogP contribution in [0.4, 0.5) is 5.69 Å². The molecule has 36 heavy (non-hydrogen) atoms. The minimum Gasteiger partial charge on any atom is -0.507 e. The number of hydrogen-bond acceptors (Lipinski definition) is 6. The average Bonchev–Trinajstić information content (AvgIpc) is 3.17. The fourth-order valence-electron chi connectivity index (χ4n) is 4.47. The van der Waals surface area contributed by atoms with Gasteiger partial charge >= 0.3 is 0 Å². The number of aliphatic hydroxyl groups is 1. The van der Waals surface area contributed by atoms with Crippen LogP contribution >= 0.6 is 0 Å². The van der Waals surface area contributed by atoms with Gasteiger partial charge in [0.1, 0.15) is 17.3 Å². The number of anilines is 1. The molecule has 0 saturated carbocycles. The van der Waals surface area contributed by atoms with Gasteiger partial charge in [-0.1, -0.05) is 32.0 Å². The summed E-state index contributed by atoms with van der Waals surface area (Å²) in [4.78, 5) is 28.1. The third-order valence-corrected chi connectivity index (χ3v) is 6.28. The first-order chi connectivity index (χ1) is 17.3. The molecule has 0 spiro atoms. The van der Waals surface area contributed by atoms with Crippen LogP contribution in [0, 0.1) is 11.3 Å². The van der Waals surface area contributed by atoms with Crippen LogP contribution in [0.25, 0.3) is 5.76 Å². The summed E-state index contributed by atoms with van der Waals surface area (Å²) in [5.74, 6) is -0.652. The van der Waals surface area contributed by atoms with Crippen LogP contribution < -0.4 is 14.4 Å². The number of rotatable bonds is 6. The Morgan fingerprint density at radius 2 is 1.64 bits per heavy atom. The molecule has 7 nitrogen and oxygen atoms in total. The standard InChI is InChI=1S/C29H26N2O5/c1-17(2)22-15-19(11-14-24(22)36-4)27(32)25-26(21-7-5-6-8-23(21)35-3)31(29(34)28(25)33)20-12-9-18(16-30)10-13-20/h5-15,17,26,32H,1-4H3/b27-25+. The number of benzene rings is 3. The Hall–Kier alpha value is -4.57. The Labute approximate surface area is 209 Å². The van der Waals surface area contributed by atoms with Crippen LogP contribution in [0.3, 0.4) is 0 Å². The molecule has 3 aromatic rings. The van der Waals surface area contributed by atoms with E-state index in [1.807, 2.05) is 19.9 Å². The van der Waals surface area contributed by atoms with Gasteiger partial charge in [0, 0.05) is 16.8 Å². The van der Waals surface area contributed by atoms with Gasteiger partial charge in [-0.2, -0.15) is 5.26 Å². The van der Waals surface area contributed by atoms with Crippen LogP contribution in [0.2, 0.25) is 0 Å². The average molecular weight is 483 g/mol. The molecule has 1 aliphatic heterocycles. The predicted molar refractivity (Wildman–Crippen MR) is 136 cm³/mol. The second-order valence-corrected chi connectivity index (χ2v) is 8.68. The Balaban J connectivity index is 1.97. The number of aliphatic hydroxyl groups excluding tert-OH is 1. The second-order valence-electron chi connectivity index (χ2n) is 8.68. The van der Waals surface area contributed by atoms with Gasteiger partial charge in [0.15, 0.2) is 0 Å². The van der Waals surface area contributed by atoms with Crippen molar-refractivity contribution in [2.75, 3.05) is 19.1 Å². The fourth-order valence-corrected chi connectivity index (χ4v) is 4.47. The molecule has 0 aliphatic carbocycles. The summed E-state index contributed by atoms with van der Waals surface area (Å²) in [6.45, 7) is 4.00. The van der Waals surface area contributed by atoms with Crippen molar-refractivity contribution in [3.63, 3.8) is 0 Å². The van der Waals surface area contributed by atoms with E-state index in [9.17, 15) is 20.0 Å². The molecule has 1 atom stereocenters. The zero-order valence-electron chi connectivity index (χ0n) is 20.5. The first-order valence-corrected chi connectivity index (χ1v) is 11.4. The van der Waals surface area contributed by atoms with E-state index in [0.717, 1.165) is 5.56 Å². The van der Waals surface area contributed by atoms with Crippen molar-refractivity contribution in [1.82, 2.24) is 0 Å². The summed E-state index contributed by atoms with van der Waals surface area (Å²) in [7, 11) is 3.08. The smallest absolute Gasteiger partial charge is 0.300 e. The normalized spacial score (nSPS) is 16.8. The molecule has 0 aromatic heterocycles. The summed E-state index contributed by atoms with van der Waals surface area (Å²) < 4.78 is 11.0. The van der Waals surface area contributed by atoms with E-state index in [1.54, 1.807) is 73.8 Å². The summed E-state index contributed by atoms with van der Waals surface area (Å²) in [6, 6.07) is 19.7. The van der Waals surface area contributed by atoms with Crippen molar-refractivity contribution in [1.29, 1.82) is 5.26 Å². The van der Waals surface area contributed by atoms with Gasteiger partial charge in [-0.15, -0.1) is 0 Å². The maximum Gasteiger partial charge on any atom is 0.300 e. The molecule has 7 heteroatoms. The molecule has 1 aliphatic rings. The number of carbonyl (C=O) groups is 2. The highest BCUT2D eigenvalue weighted by atomic mass is 16.5. The molecule has 1 amide bonds. The van der Waals surface area contributed by atoms with Crippen LogP contribution in [-0.2, 0) is 9.59 Å². The lowest BCUT2D eigenvalue weighted by atomic mass is 9.92. The molecule has 0 radical (unpaired) electrons. The van der Waals surface area contributed by atoms with Gasteiger partial charge in [0.2, 0.25) is 0 Å². The molecule has 0 bridgehead atoms. The molecule has 1 heterocycles. The third kappa shape index (κ3) is 4.18. The zero-order valence-corrected chi connectivity index (χ0v) is 20.5. The highest BCUT2D eigenvalue weighted by Gasteiger charge is 2.48. The van der Waals surface area contributed by atoms with Crippen molar-refractivity contribution in [2.24, 2.45) is 0 Å². The third-order valence-electron chi connectivity index (χ3n) is 6.28. The Morgan fingerprint density at radius 1 is 0.972 bits per heavy atom. The summed E-state index contributed by atoms with van der Waals surface area (Å²) in [6.07, 6.45) is 0. The van der Waals surface area contributed by atoms with Crippen molar-refractivity contribution in [2.45, 2.75) is 25.8 Å². The number of nitrogens with zero attached hydrogens (tertiary/aromatic N) is 2. The number of ketones is 1. The number of carbonyl (C=O) groups excluding carboxylic acids is 2. The van der Waals surface area contributed by atoms with E-state index in [4.69, 9.17) is 9.47 Å². The molecule has 3 aromatic carbocycles. The monoisotopic (exact) mass is 482 g/mol. The van der Waals surface area contributed by atoms with Crippen LogP contribution in [-0.4, -0.2) is 31.0 Å². The van der Waals surface area contributed by atoms with E-state index >= 15 is 0 Å². The van der Waals surface area contributed by atoms with Crippen LogP contribution in [0.15, 0.2) is 72.3 Å². The van der Waals surface area contributed by atoms with Gasteiger partial charge in [0.05, 0.1) is 37.5 Å². The first kappa shape index (κ1) is 24.6. The van der Waals surface area contributed by atoms with Gasteiger partial charge in [0.25, 0.3) is 11.7 Å². The van der Waals surface area contributed by atoms with Gasteiger partial charge < -0.3 is 14.6 Å². The van der Waals surface area contributed by atoms with Gasteiger partial charge in [-0.05, 0) is 60.0 Å². The highest BCUT2D eigenvalue weighted by Crippen LogP contribution is 2.45. The maximum atomic E-state index is 13.4. The zero-order chi connectivity index (χ0) is 26.0. The lowest BCUT2D eigenvalue weighted by Crippen LogP contribution is -2.29. The molecule has 1 N–H and O–H groups in total. The molecule has 1 saturated heterocycles. The number of para-hydroxylation sites is 1. The van der Waals surface area contributed by atoms with Gasteiger partial charge in [-0.3, -0.25) is 14.5 Å². The second kappa shape index (κ2) is 9.96. The number of nitriles is 1. The van der Waals surface area contributed by atoms with E-state index in [-0.39, 0.29) is 17.3 Å². The predicted octanol–water partition coefficient (Wildman–Crippen LogP) is 5.33. The summed E-state index contributed by atoms with van der Waals surface area (Å²) >= 11 is 0. The van der Waals surface area contributed by atoms with Crippen molar-refractivity contribution < 1.29 is 24.2 Å². The van der Waals surface area contributed by atoms with E-state index < -0.39 is 17.7 Å². The van der Waals surface area contributed by atoms with Crippen LogP contribution in [0.5, 0.6) is 11.5 Å². The minimum atomic E-state index is -0.946. The largest absolute Gasteiger partial charge is 0.507 e. The number of hydrogen-bond donors (Lipinski definition) is 1. The van der Waals surface area contributed by atoms with Crippen molar-refractivity contribution in [3.8, 4) is 17.6 Å². The maximum absolute atomic E-state index is 13.4. The van der Waals surface area contributed by atoms with Gasteiger partial charge in [-0.25, -0.2) is 0 Å². The Morgan fingerprint density at radius 3 is 2.25 bits per heavy atom. The lowest BCUT2D eigenvalue weighted by molar-refractivity contribution is -0.132. The van der Waals surface area contributed by atoms with Crippen LogP contribution in [0.1, 0.15) is 48.1 Å². The Bertz CT molecular complexity index is 1400. The Kier molecular flexibility index (Phi) is 6.80. The van der Waals surface area contributed by atoms with E-state index in [0.29, 0.717) is 33.9 Å². The highest BCUT2D eigenvalue weighted by molar-refractivity contribution is 6.51. The SMILES string of the molecule is COc1ccc(/C(O)=C2\C(=O)C(=O)N(c3ccc(C#N)cc3)C2c2ccccc2OC)cc1C(C)C. The molecular formula is C29H26N2O5. The molecule has 1 unspecified atom stereocenters. The molecule has 182 valence electrons. The van der Waals surface area contributed by atoms with Crippen molar-refractivity contribution >= 4 is 23.1 Å². The van der Waals surface area contributed by atoms with E-state index in [1.165, 1.54) is 12.0 Å². The number of Topliss-reactive ketones (excluding diaryl/α,β-unsaturated/α-hetero) is 1. The molecule has 1 fully saturated rings. The first-order valence-electron chi connectivity index (χ1n) is 11.4. The van der Waals surface area contributed by atoms with Crippen molar-refractivity contribution in [3.05, 3.63) is 94.6 Å². The fraction of sp³-hybridized carbons (Fsp3) is 0.207. The number of amides is 1. The molecular weight excluding hydrogens is 456 g/mol. The summed E-state index contributed by atoms with van der Waals surface area (Å²) in [5, 5.41) is 20.7. The minimum absolute atomic E-state index is 0.0475.